The molecule has 114 valence electrons. The van der Waals surface area contributed by atoms with Gasteiger partial charge in [0.1, 0.15) is 0 Å². The molecule has 0 aliphatic heterocycles. The van der Waals surface area contributed by atoms with Gasteiger partial charge in [0.2, 0.25) is 10.0 Å². The third kappa shape index (κ3) is 7.22. The Labute approximate surface area is 133 Å². The molecule has 0 fully saturated rings. The Morgan fingerprint density at radius 2 is 1.23 bits per heavy atom. The van der Waals surface area contributed by atoms with E-state index in [9.17, 15) is 9.59 Å². The summed E-state index contributed by atoms with van der Waals surface area (Å²) in [7, 11) is 0. The normalized spacial score (nSPS) is 8.73. The fourth-order valence-corrected chi connectivity index (χ4v) is 1.92. The minimum atomic E-state index is -0.958. The molecule has 0 bridgehead atoms. The van der Waals surface area contributed by atoms with Crippen LogP contribution in [0.4, 0.5) is 0 Å². The number of hydrogen-bond donors (Lipinski definition) is 2. The van der Waals surface area contributed by atoms with E-state index in [1.807, 2.05) is 18.2 Å². The second kappa shape index (κ2) is 10.1. The Bertz CT molecular complexity index is 587. The number of thiazole rings is 2. The van der Waals surface area contributed by atoms with Gasteiger partial charge in [0.05, 0.1) is 0 Å². The number of rotatable bonds is 2. The van der Waals surface area contributed by atoms with Crippen molar-refractivity contribution >= 4 is 34.6 Å². The van der Waals surface area contributed by atoms with Crippen LogP contribution in [0.2, 0.25) is 0 Å². The summed E-state index contributed by atoms with van der Waals surface area (Å²) >= 11 is 2.24. The Kier molecular flexibility index (Phi) is 8.01. The lowest BCUT2D eigenvalue weighted by molar-refractivity contribution is 0.0685. The molecule has 0 radical (unpaired) electrons. The van der Waals surface area contributed by atoms with Gasteiger partial charge in [-0.25, -0.2) is 19.6 Å². The van der Waals surface area contributed by atoms with Crippen molar-refractivity contribution in [3.8, 4) is 0 Å². The molecule has 3 aromatic heterocycles. The molecule has 0 saturated carbocycles. The second-order valence-electron chi connectivity index (χ2n) is 3.31. The van der Waals surface area contributed by atoms with Crippen LogP contribution in [0.1, 0.15) is 19.6 Å². The fourth-order valence-electron chi connectivity index (χ4n) is 0.971. The molecule has 0 spiro atoms. The average Bonchev–Trinajstić information content (AvgIpc) is 3.24. The Balaban J connectivity index is 0.000000167. The lowest BCUT2D eigenvalue weighted by Gasteiger charge is -1.77. The second-order valence-corrected chi connectivity index (χ2v) is 5.10. The molecule has 9 heteroatoms. The zero-order valence-corrected chi connectivity index (χ0v) is 12.7. The number of aromatic carboxylic acids is 2. The molecule has 0 saturated heterocycles. The minimum Gasteiger partial charge on any atom is -0.476 e. The standard InChI is InChI=1S/C5H5N.2C4H3NO2S/c1-2-4-6-5-3-1;2*6-4(7)3-5-1-2-8-3/h1-5H;2*1-2H,(H,6,7). The molecule has 3 rings (SSSR count). The largest absolute Gasteiger partial charge is 0.476 e. The van der Waals surface area contributed by atoms with Crippen molar-refractivity contribution < 1.29 is 19.8 Å². The summed E-state index contributed by atoms with van der Waals surface area (Å²) in [6.45, 7) is 0. The van der Waals surface area contributed by atoms with Gasteiger partial charge in [0.15, 0.2) is 0 Å². The van der Waals surface area contributed by atoms with Crippen LogP contribution in [0, 0.1) is 0 Å². The summed E-state index contributed by atoms with van der Waals surface area (Å²) in [6, 6.07) is 5.72. The maximum Gasteiger partial charge on any atom is 0.364 e. The summed E-state index contributed by atoms with van der Waals surface area (Å²) in [6.07, 6.45) is 6.43. The van der Waals surface area contributed by atoms with Gasteiger partial charge >= 0.3 is 11.9 Å². The van der Waals surface area contributed by atoms with Crippen LogP contribution in [0.15, 0.2) is 53.7 Å². The predicted molar refractivity (Wildman–Crippen MR) is 82.4 cm³/mol. The van der Waals surface area contributed by atoms with Gasteiger partial charge in [-0.05, 0) is 12.1 Å². The summed E-state index contributed by atoms with van der Waals surface area (Å²) in [5, 5.41) is 20.0. The van der Waals surface area contributed by atoms with Gasteiger partial charge in [-0.1, -0.05) is 6.07 Å². The molecule has 2 N–H and O–H groups in total. The summed E-state index contributed by atoms with van der Waals surface area (Å²) < 4.78 is 0. The maximum atomic E-state index is 10.0. The van der Waals surface area contributed by atoms with Crippen LogP contribution < -0.4 is 0 Å². The van der Waals surface area contributed by atoms with E-state index in [1.54, 1.807) is 23.2 Å². The Morgan fingerprint density at radius 1 is 0.773 bits per heavy atom. The molecule has 7 nitrogen and oxygen atoms in total. The molecule has 22 heavy (non-hydrogen) atoms. The van der Waals surface area contributed by atoms with Gasteiger partial charge < -0.3 is 10.2 Å². The SMILES string of the molecule is O=C(O)c1nccs1.O=C(O)c1nccs1.c1ccncc1. The third-order valence-electron chi connectivity index (χ3n) is 1.80. The molecule has 3 aromatic rings. The minimum absolute atomic E-state index is 0.144. The van der Waals surface area contributed by atoms with Gasteiger partial charge in [-0.3, -0.25) is 4.98 Å². The van der Waals surface area contributed by atoms with Crippen LogP contribution in [0.3, 0.4) is 0 Å². The first-order valence-electron chi connectivity index (χ1n) is 5.72. The van der Waals surface area contributed by atoms with E-state index in [2.05, 4.69) is 15.0 Å². The van der Waals surface area contributed by atoms with Crippen molar-refractivity contribution in [2.45, 2.75) is 0 Å². The Morgan fingerprint density at radius 3 is 1.36 bits per heavy atom. The van der Waals surface area contributed by atoms with E-state index >= 15 is 0 Å². The number of carboxylic acids is 2. The highest BCUT2D eigenvalue weighted by molar-refractivity contribution is 7.11. The number of aromatic nitrogens is 3. The molecular formula is C13H11N3O4S2. The highest BCUT2D eigenvalue weighted by Gasteiger charge is 2.02. The summed E-state index contributed by atoms with van der Waals surface area (Å²) in [5.41, 5.74) is 0. The molecule has 0 atom stereocenters. The fraction of sp³-hybridized carbons (Fsp3) is 0. The van der Waals surface area contributed by atoms with Crippen LogP contribution >= 0.6 is 22.7 Å². The van der Waals surface area contributed by atoms with Crippen molar-refractivity contribution in [2.75, 3.05) is 0 Å². The van der Waals surface area contributed by atoms with Gasteiger partial charge in [0.25, 0.3) is 0 Å². The van der Waals surface area contributed by atoms with Crippen molar-refractivity contribution in [3.63, 3.8) is 0 Å². The van der Waals surface area contributed by atoms with Crippen LogP contribution in [-0.2, 0) is 0 Å². The summed E-state index contributed by atoms with van der Waals surface area (Å²) in [4.78, 5) is 30.9. The zero-order chi connectivity index (χ0) is 16.2. The maximum absolute atomic E-state index is 10.0. The zero-order valence-electron chi connectivity index (χ0n) is 11.1. The molecule has 0 amide bonds. The first kappa shape index (κ1) is 17.4. The van der Waals surface area contributed by atoms with Gasteiger partial charge in [-0.15, -0.1) is 22.7 Å². The predicted octanol–water partition coefficient (Wildman–Crippen LogP) is 2.76. The molecule has 0 unspecified atom stereocenters. The van der Waals surface area contributed by atoms with Crippen LogP contribution in [0.5, 0.6) is 0 Å². The molecule has 3 heterocycles. The van der Waals surface area contributed by atoms with Gasteiger partial charge in [-0.2, -0.15) is 0 Å². The molecule has 0 aliphatic carbocycles. The third-order valence-corrected chi connectivity index (χ3v) is 3.32. The molecule has 0 aromatic carbocycles. The number of hydrogen-bond acceptors (Lipinski definition) is 7. The highest BCUT2D eigenvalue weighted by Crippen LogP contribution is 2.02. The average molecular weight is 337 g/mol. The number of nitrogens with zero attached hydrogens (tertiary/aromatic N) is 3. The van der Waals surface area contributed by atoms with Gasteiger partial charge in [0, 0.05) is 35.5 Å². The van der Waals surface area contributed by atoms with Crippen molar-refractivity contribution in [3.05, 3.63) is 63.8 Å². The smallest absolute Gasteiger partial charge is 0.364 e. The number of carboxylic acid groups (broad SMARTS) is 2. The molecular weight excluding hydrogens is 326 g/mol. The lowest BCUT2D eigenvalue weighted by Crippen LogP contribution is -1.92. The summed E-state index contributed by atoms with van der Waals surface area (Å²) in [5.74, 6) is -1.92. The van der Waals surface area contributed by atoms with Crippen LogP contribution in [0.25, 0.3) is 0 Å². The first-order chi connectivity index (χ1) is 10.6. The van der Waals surface area contributed by atoms with Crippen molar-refractivity contribution in [1.29, 1.82) is 0 Å². The highest BCUT2D eigenvalue weighted by atomic mass is 32.1. The monoisotopic (exact) mass is 337 g/mol. The van der Waals surface area contributed by atoms with Crippen molar-refractivity contribution in [2.24, 2.45) is 0 Å². The lowest BCUT2D eigenvalue weighted by atomic mass is 10.5. The van der Waals surface area contributed by atoms with E-state index in [4.69, 9.17) is 10.2 Å². The molecule has 0 aliphatic rings. The first-order valence-corrected chi connectivity index (χ1v) is 7.47. The number of pyridine rings is 1. The van der Waals surface area contributed by atoms with E-state index in [-0.39, 0.29) is 10.0 Å². The van der Waals surface area contributed by atoms with Crippen molar-refractivity contribution in [1.82, 2.24) is 15.0 Å². The number of carbonyl (C=O) groups is 2. The Hall–Kier alpha value is -2.65. The quantitative estimate of drug-likeness (QED) is 0.739. The topological polar surface area (TPSA) is 113 Å². The van der Waals surface area contributed by atoms with E-state index < -0.39 is 11.9 Å². The van der Waals surface area contributed by atoms with E-state index in [1.165, 1.54) is 12.4 Å². The van der Waals surface area contributed by atoms with Crippen LogP contribution in [-0.4, -0.2) is 37.1 Å². The van der Waals surface area contributed by atoms with E-state index in [0.717, 1.165) is 22.7 Å². The van der Waals surface area contributed by atoms with E-state index in [0.29, 0.717) is 0 Å².